The van der Waals surface area contributed by atoms with Gasteiger partial charge in [0.05, 0.1) is 66.8 Å². The van der Waals surface area contributed by atoms with Crippen LogP contribution < -0.4 is 11.1 Å². The van der Waals surface area contributed by atoms with Crippen LogP contribution in [0.1, 0.15) is 272 Å². The van der Waals surface area contributed by atoms with Crippen molar-refractivity contribution in [2.45, 2.75) is 292 Å². The number of esters is 3. The Morgan fingerprint density at radius 2 is 1.07 bits per heavy atom. The van der Waals surface area contributed by atoms with Crippen LogP contribution in [0, 0.1) is 48.5 Å². The zero-order valence-corrected chi connectivity index (χ0v) is 84.7. The van der Waals surface area contributed by atoms with Crippen LogP contribution >= 0.6 is 73.9 Å². The lowest BCUT2D eigenvalue weighted by molar-refractivity contribution is -0.143. The van der Waals surface area contributed by atoms with Gasteiger partial charge in [0.15, 0.2) is 25.7 Å². The predicted molar refractivity (Wildman–Crippen MR) is 506 cm³/mol. The van der Waals surface area contributed by atoms with Crippen LogP contribution in [0.15, 0.2) is 65.4 Å². The Morgan fingerprint density at radius 1 is 0.561 bits per heavy atom. The van der Waals surface area contributed by atoms with Gasteiger partial charge in [-0.05, 0) is 254 Å². The van der Waals surface area contributed by atoms with E-state index in [1.165, 1.54) is 69.6 Å². The average molecular weight is 1900 g/mol. The molecule has 7 heterocycles. The van der Waals surface area contributed by atoms with Gasteiger partial charge >= 0.3 is 17.9 Å². The molecule has 0 radical (unpaired) electrons. The number of nitrogens with two attached hydrogens (primary N) is 1. The smallest absolute Gasteiger partial charge is 0.340 e. The first-order chi connectivity index (χ1) is 57.4. The van der Waals surface area contributed by atoms with E-state index < -0.39 is 36.9 Å². The van der Waals surface area contributed by atoms with E-state index in [0.29, 0.717) is 72.9 Å². The van der Waals surface area contributed by atoms with Crippen LogP contribution in [0.25, 0.3) is 11.5 Å². The van der Waals surface area contributed by atoms with Gasteiger partial charge in [-0.25, -0.2) is 44.5 Å². The molecule has 3 N–H and O–H groups in total. The fourth-order valence-electron chi connectivity index (χ4n) is 15.6. The summed E-state index contributed by atoms with van der Waals surface area (Å²) >= 11 is 32.8. The number of anilines is 3. The Labute approximate surface area is 764 Å². The SMILES string of the molecule is CCOC(=O)CCc1nc(Cl)cc(C)c1C(=O)OC.CCOC1(O[Si](C)(C)C)CC1.COC(=O)c1c(C)cc(Cl)nc1Br.Cc1cc(Cl)nc2c1C(=O)CC2.Cc1cc(Cl)nc2c1C(O[Si](C)(C)C(C)(C)C)=CC2.Cc1cc(Cl)nc2c1C(O[Si](C)(C)C(C)(C)C)=CC21CCCCC1.Cc1cc(Nc2ccnc(N)c2C)nc2c1C(=O)CC21CCCCC1. The zero-order chi connectivity index (χ0) is 91.4. The van der Waals surface area contributed by atoms with E-state index in [1.54, 1.807) is 45.2 Å². The van der Waals surface area contributed by atoms with Crippen LogP contribution in [0.4, 0.5) is 17.3 Å². The van der Waals surface area contributed by atoms with E-state index in [0.717, 1.165) is 143 Å². The number of allylic oxidation sites excluding steroid dienone is 2. The van der Waals surface area contributed by atoms with Gasteiger partial charge in [-0.3, -0.25) is 14.4 Å². The van der Waals surface area contributed by atoms with Crippen molar-refractivity contribution in [2.24, 2.45) is 0 Å². The standard InChI is InChI=1S/C20H30ClNOSi.C20H24N4O.C15H22ClNOSi.C13H16ClNO4.C9H8ClNO.C8H7BrClNO2.C8H18O2Si/c1-14-12-16(21)22-18-17(14)15(23-24(5,6)19(2,3)4)13-20(18)10-8-7-9-11-20;1-12-10-16(23-14-6-9-22-19(21)13(14)2)24-18-17(12)15(25)11-20(18)7-4-3-5-8-20;1-10-9-13(16)17-11-7-8-12(14(10)11)18-19(5,6)15(2,3)4;1-4-19-11(16)6-5-9-12(13(17)18-3)8(2)7-10(14)15-9;1-5-4-8(10)11-6-2-3-7(12)9(5)6;1-4-3-5(10)11-7(9)6(4)8(12)13-2;1-5-9-8(6-7-8)10-11(2,3)4/h12-13H,7-11H2,1-6H3;6,9-10H,3-5,7-8,11H2,1-2H3,(H3,21,22,23,24);8-9H,7H2,1-6H3;7H,4-6H2,1-3H3;4H,2-3H2,1H3;3H,1-2H3;5-7H2,1-4H3. The summed E-state index contributed by atoms with van der Waals surface area (Å²) < 4.78 is 39.1. The highest BCUT2D eigenvalue weighted by molar-refractivity contribution is 9.10. The van der Waals surface area contributed by atoms with Gasteiger partial charge in [-0.1, -0.05) is 138 Å². The number of hydrogen-bond donors (Lipinski definition) is 2. The Bertz CT molecular complexity index is 5100. The molecule has 14 rings (SSSR count). The first-order valence-corrected chi connectivity index (χ1v) is 54.3. The van der Waals surface area contributed by atoms with E-state index in [2.05, 4.69) is 164 Å². The Balaban J connectivity index is 0.000000182. The molecule has 0 aliphatic heterocycles. The molecule has 0 amide bonds. The molecule has 7 aromatic heterocycles. The van der Waals surface area contributed by atoms with Gasteiger partial charge in [-0.15, -0.1) is 0 Å². The van der Waals surface area contributed by atoms with Crippen molar-refractivity contribution < 1.29 is 56.2 Å². The van der Waals surface area contributed by atoms with Gasteiger partial charge in [0.25, 0.3) is 0 Å². The fourth-order valence-corrected chi connectivity index (χ4v) is 21.1. The second-order valence-corrected chi connectivity index (χ2v) is 53.2. The summed E-state index contributed by atoms with van der Waals surface area (Å²) in [5.41, 5.74) is 22.8. The van der Waals surface area contributed by atoms with E-state index in [-0.39, 0.29) is 62.2 Å². The molecule has 0 saturated heterocycles. The highest BCUT2D eigenvalue weighted by Crippen LogP contribution is 2.54. The maximum absolute atomic E-state index is 12.6. The van der Waals surface area contributed by atoms with Gasteiger partial charge in [0.1, 0.15) is 53.5 Å². The second-order valence-electron chi connectivity index (χ2n) is 36.6. The number of hydrogen-bond acceptors (Lipinski definition) is 21. The minimum absolute atomic E-state index is 0.0422. The number of pyridine rings is 7. The van der Waals surface area contributed by atoms with Gasteiger partial charge in [0, 0.05) is 95.7 Å². The number of carbonyl (C=O) groups is 5. The second kappa shape index (κ2) is 42.3. The number of ether oxygens (including phenoxy) is 4. The summed E-state index contributed by atoms with van der Waals surface area (Å²) in [6.45, 7) is 47.8. The maximum Gasteiger partial charge on any atom is 0.340 e. The molecular formula is C93H125BrCl5N9O12Si3. The van der Waals surface area contributed by atoms with Crippen molar-refractivity contribution in [3.8, 4) is 0 Å². The van der Waals surface area contributed by atoms with Crippen LogP contribution in [0.3, 0.4) is 0 Å². The number of carbonyl (C=O) groups excluding carboxylic acids is 5. The van der Waals surface area contributed by atoms with Crippen molar-refractivity contribution >= 4 is 157 Å². The van der Waals surface area contributed by atoms with Crippen molar-refractivity contribution in [3.63, 3.8) is 0 Å². The molecule has 30 heteroatoms. The molecule has 21 nitrogen and oxygen atoms in total. The number of Topliss-reactive ketones (excluding diaryl/α,β-unsaturated/α-hetero) is 2. The van der Waals surface area contributed by atoms with E-state index >= 15 is 0 Å². The lowest BCUT2D eigenvalue weighted by atomic mass is 9.72. The van der Waals surface area contributed by atoms with E-state index in [4.69, 9.17) is 101 Å². The molecule has 7 aromatic rings. The molecular weight excluding hydrogens is 1780 g/mol. The monoisotopic (exact) mass is 1900 g/mol. The minimum atomic E-state index is -1.88. The number of halogens is 6. The van der Waals surface area contributed by atoms with Crippen molar-refractivity contribution in [2.75, 3.05) is 38.5 Å². The van der Waals surface area contributed by atoms with Crippen molar-refractivity contribution in [3.05, 3.63) is 192 Å². The zero-order valence-electron chi connectivity index (χ0n) is 76.3. The summed E-state index contributed by atoms with van der Waals surface area (Å²) in [7, 11) is -2.46. The number of fused-ring (bicyclic) bond motifs is 6. The first kappa shape index (κ1) is 101. The average Bonchev–Trinajstić information content (AvgIpc) is 1.56. The molecule has 7 aliphatic rings. The number of rotatable bonds is 16. The first-order valence-electron chi connectivity index (χ1n) is 42.4. The van der Waals surface area contributed by atoms with Crippen LogP contribution in [-0.2, 0) is 67.1 Å². The highest BCUT2D eigenvalue weighted by Gasteiger charge is 2.50. The predicted octanol–water partition coefficient (Wildman–Crippen LogP) is 25.2. The number of nitrogens with one attached hydrogen (secondary N) is 1. The number of nitrogen functional groups attached to an aromatic ring is 1. The maximum atomic E-state index is 12.6. The fraction of sp³-hybridized carbons (Fsp3) is 0.527. The van der Waals surface area contributed by atoms with E-state index in [9.17, 15) is 24.0 Å². The van der Waals surface area contributed by atoms with Gasteiger partial charge in [0.2, 0.25) is 16.6 Å². The van der Waals surface area contributed by atoms with Gasteiger partial charge in [-0.2, -0.15) is 0 Å². The summed E-state index contributed by atoms with van der Waals surface area (Å²) in [6, 6.07) is 12.7. The topological polar surface area (TPSA) is 278 Å². The Kier molecular flexibility index (Phi) is 34.8. The largest absolute Gasteiger partial charge is 0.543 e. The highest BCUT2D eigenvalue weighted by atomic mass is 79.9. The molecule has 7 aliphatic carbocycles. The molecule has 0 unspecified atom stereocenters. The van der Waals surface area contributed by atoms with Crippen molar-refractivity contribution in [1.82, 2.24) is 34.9 Å². The van der Waals surface area contributed by atoms with Crippen molar-refractivity contribution in [1.29, 1.82) is 0 Å². The minimum Gasteiger partial charge on any atom is -0.543 e. The molecule has 668 valence electrons. The normalized spacial score (nSPS) is 16.0. The van der Waals surface area contributed by atoms with E-state index in [1.807, 2.05) is 52.0 Å². The molecule has 0 bridgehead atoms. The third-order valence-electron chi connectivity index (χ3n) is 23.9. The van der Waals surface area contributed by atoms with Gasteiger partial charge < -0.3 is 43.3 Å². The number of ketones is 2. The van der Waals surface area contributed by atoms with Crippen LogP contribution in [0.5, 0.6) is 0 Å². The van der Waals surface area contributed by atoms with Crippen LogP contribution in [-0.4, -0.2) is 123 Å². The Hall–Kier alpha value is -7.02. The Morgan fingerprint density at radius 3 is 1.61 bits per heavy atom. The molecule has 123 heavy (non-hydrogen) atoms. The third kappa shape index (κ3) is 25.9. The quantitative estimate of drug-likeness (QED) is 0.0299. The summed E-state index contributed by atoms with van der Waals surface area (Å²) in [6.07, 6.45) is 23.6. The lowest BCUT2D eigenvalue weighted by Gasteiger charge is -2.37. The molecule has 0 atom stereocenters. The molecule has 0 aromatic carbocycles. The number of aromatic nitrogens is 7. The third-order valence-corrected chi connectivity index (χ3v) is 35.1. The summed E-state index contributed by atoms with van der Waals surface area (Å²) in [5.74, 6) is 2.44. The number of aryl methyl sites for hydroxylation is 8. The molecule has 3 fully saturated rings. The summed E-state index contributed by atoms with van der Waals surface area (Å²) in [4.78, 5) is 88.5. The summed E-state index contributed by atoms with van der Waals surface area (Å²) in [5, 5.41) is 6.05. The lowest BCUT2D eigenvalue weighted by Crippen LogP contribution is -2.40. The van der Waals surface area contributed by atoms with Crippen LogP contribution in [0.2, 0.25) is 81.7 Å². The molecule has 2 spiro atoms. The number of nitrogens with zero attached hydrogens (tertiary/aromatic N) is 7. The molecule has 3 saturated carbocycles. The number of methoxy groups -OCH3 is 2.